The predicted octanol–water partition coefficient (Wildman–Crippen LogP) is 7.22. The first-order valence-corrected chi connectivity index (χ1v) is 14.6. The number of amides is 2. The number of fused-ring (bicyclic) bond motifs is 1. The summed E-state index contributed by atoms with van der Waals surface area (Å²) in [7, 11) is 0. The predicted molar refractivity (Wildman–Crippen MR) is 168 cm³/mol. The average Bonchev–Trinajstić information content (AvgIpc) is 3.48. The van der Waals surface area contributed by atoms with Crippen molar-refractivity contribution in [2.75, 3.05) is 0 Å². The molecule has 4 aromatic carbocycles. The van der Waals surface area contributed by atoms with Gasteiger partial charge in [-0.05, 0) is 60.2 Å². The number of ketones is 1. The number of halogens is 1. The van der Waals surface area contributed by atoms with E-state index in [1.807, 2.05) is 79.7 Å². The first-order chi connectivity index (χ1) is 20.8. The number of hydrogen-bond donors (Lipinski definition) is 2. The van der Waals surface area contributed by atoms with E-state index in [0.717, 1.165) is 16.7 Å². The first-order valence-electron chi connectivity index (χ1n) is 14.2. The Bertz CT molecular complexity index is 1700. The molecule has 43 heavy (non-hydrogen) atoms. The molecule has 218 valence electrons. The number of hydrogen-bond acceptors (Lipinski definition) is 5. The standard InChI is InChI=1S/C35H32ClN3O4/c1-3-28(32(40)35-39-29-15-9-10-16-31(29)43-35)37-34(42)30(21-22(2)23-11-5-4-6-12-23)38-33(41)25-19-17-24(18-20-25)26-13-7-8-14-27(26)36/h4-20,22,28,30H,3,21H2,1-2H3,(H,37,42)(H,38,41)/t22-,28-,30-/m0/s1. The number of rotatable bonds is 11. The van der Waals surface area contributed by atoms with E-state index in [-0.39, 0.29) is 11.8 Å². The van der Waals surface area contributed by atoms with Crippen LogP contribution in [-0.4, -0.2) is 34.7 Å². The molecular formula is C35H32ClN3O4. The van der Waals surface area contributed by atoms with Crippen LogP contribution in [0.3, 0.4) is 0 Å². The van der Waals surface area contributed by atoms with Crippen LogP contribution in [0, 0.1) is 0 Å². The van der Waals surface area contributed by atoms with E-state index in [1.54, 1.807) is 37.3 Å². The quantitative estimate of drug-likeness (QED) is 0.157. The second-order valence-electron chi connectivity index (χ2n) is 10.5. The molecule has 1 heterocycles. The van der Waals surface area contributed by atoms with E-state index in [1.165, 1.54) is 0 Å². The Hall–Kier alpha value is -4.75. The van der Waals surface area contributed by atoms with E-state index in [4.69, 9.17) is 16.0 Å². The lowest BCUT2D eigenvalue weighted by atomic mass is 9.93. The normalized spacial score (nSPS) is 13.2. The molecule has 0 radical (unpaired) electrons. The first kappa shape index (κ1) is 29.7. The van der Waals surface area contributed by atoms with Gasteiger partial charge in [-0.15, -0.1) is 0 Å². The number of oxazole rings is 1. The summed E-state index contributed by atoms with van der Waals surface area (Å²) >= 11 is 6.34. The third kappa shape index (κ3) is 7.01. The smallest absolute Gasteiger partial charge is 0.266 e. The number of aromatic nitrogens is 1. The zero-order valence-corrected chi connectivity index (χ0v) is 24.7. The lowest BCUT2D eigenvalue weighted by Crippen LogP contribution is -2.51. The van der Waals surface area contributed by atoms with Crippen LogP contribution in [0.5, 0.6) is 0 Å². The van der Waals surface area contributed by atoms with E-state index < -0.39 is 29.7 Å². The molecule has 1 aromatic heterocycles. The van der Waals surface area contributed by atoms with Crippen molar-refractivity contribution in [2.45, 2.75) is 44.7 Å². The monoisotopic (exact) mass is 593 g/mol. The van der Waals surface area contributed by atoms with Crippen molar-refractivity contribution in [3.63, 3.8) is 0 Å². The maximum absolute atomic E-state index is 13.7. The van der Waals surface area contributed by atoms with Gasteiger partial charge in [0.15, 0.2) is 5.58 Å². The van der Waals surface area contributed by atoms with Crippen molar-refractivity contribution in [3.05, 3.63) is 125 Å². The zero-order valence-electron chi connectivity index (χ0n) is 23.9. The summed E-state index contributed by atoms with van der Waals surface area (Å²) in [4.78, 5) is 44.7. The number of carbonyl (C=O) groups excluding carboxylic acids is 3. The summed E-state index contributed by atoms with van der Waals surface area (Å²) in [6.07, 6.45) is 0.647. The van der Waals surface area contributed by atoms with E-state index in [9.17, 15) is 14.4 Å². The number of nitrogens with zero attached hydrogens (tertiary/aromatic N) is 1. The zero-order chi connectivity index (χ0) is 30.3. The SMILES string of the molecule is CC[C@H](NC(=O)[C@H](C[C@H](C)c1ccccc1)NC(=O)c1ccc(-c2ccccc2Cl)cc1)C(=O)c1nc2ccccc2o1. The summed E-state index contributed by atoms with van der Waals surface area (Å²) in [5.74, 6) is -1.40. The highest BCUT2D eigenvalue weighted by Crippen LogP contribution is 2.28. The molecule has 0 aliphatic heterocycles. The fourth-order valence-corrected chi connectivity index (χ4v) is 5.24. The van der Waals surface area contributed by atoms with E-state index >= 15 is 0 Å². The number of para-hydroxylation sites is 2. The second kappa shape index (κ2) is 13.5. The molecule has 0 saturated carbocycles. The molecule has 5 rings (SSSR count). The third-order valence-electron chi connectivity index (χ3n) is 7.46. The average molecular weight is 594 g/mol. The van der Waals surface area contributed by atoms with Gasteiger partial charge in [-0.2, -0.15) is 0 Å². The number of benzene rings is 4. The maximum Gasteiger partial charge on any atom is 0.266 e. The molecule has 0 bridgehead atoms. The summed E-state index contributed by atoms with van der Waals surface area (Å²) in [5.41, 5.74) is 4.23. The van der Waals surface area contributed by atoms with Crippen LogP contribution >= 0.6 is 11.6 Å². The van der Waals surface area contributed by atoms with Gasteiger partial charge in [0.2, 0.25) is 11.7 Å². The Kier molecular flexibility index (Phi) is 9.32. The van der Waals surface area contributed by atoms with E-state index in [0.29, 0.717) is 34.5 Å². The number of Topliss-reactive ketones (excluding diaryl/α,β-unsaturated/α-hetero) is 1. The third-order valence-corrected chi connectivity index (χ3v) is 7.79. The van der Waals surface area contributed by atoms with Crippen molar-refractivity contribution >= 4 is 40.3 Å². The van der Waals surface area contributed by atoms with Crippen LogP contribution in [0.15, 0.2) is 108 Å². The van der Waals surface area contributed by atoms with Gasteiger partial charge < -0.3 is 15.1 Å². The van der Waals surface area contributed by atoms with Crippen LogP contribution in [0.2, 0.25) is 5.02 Å². The van der Waals surface area contributed by atoms with Crippen molar-refractivity contribution in [3.8, 4) is 11.1 Å². The highest BCUT2D eigenvalue weighted by Gasteiger charge is 2.30. The van der Waals surface area contributed by atoms with Crippen molar-refractivity contribution in [2.24, 2.45) is 0 Å². The topological polar surface area (TPSA) is 101 Å². The Labute approximate surface area is 255 Å². The molecule has 0 unspecified atom stereocenters. The minimum atomic E-state index is -0.906. The molecule has 8 heteroatoms. The van der Waals surface area contributed by atoms with Crippen LogP contribution in [0.1, 0.15) is 59.2 Å². The molecule has 0 aliphatic carbocycles. The molecule has 7 nitrogen and oxygen atoms in total. The summed E-state index contributed by atoms with van der Waals surface area (Å²) in [5, 5.41) is 6.36. The van der Waals surface area contributed by atoms with Crippen LogP contribution < -0.4 is 10.6 Å². The van der Waals surface area contributed by atoms with Gasteiger partial charge in [0.1, 0.15) is 11.6 Å². The minimum Gasteiger partial charge on any atom is -0.434 e. The second-order valence-corrected chi connectivity index (χ2v) is 10.9. The fourth-order valence-electron chi connectivity index (χ4n) is 4.99. The molecule has 0 saturated heterocycles. The largest absolute Gasteiger partial charge is 0.434 e. The Balaban J connectivity index is 1.34. The van der Waals surface area contributed by atoms with Crippen LogP contribution in [0.25, 0.3) is 22.2 Å². The number of carbonyl (C=O) groups is 3. The van der Waals surface area contributed by atoms with Gasteiger partial charge in [-0.1, -0.05) is 98.2 Å². The number of nitrogens with one attached hydrogen (secondary N) is 2. The van der Waals surface area contributed by atoms with Crippen molar-refractivity contribution in [1.82, 2.24) is 15.6 Å². The van der Waals surface area contributed by atoms with Crippen LogP contribution in [-0.2, 0) is 4.79 Å². The fraction of sp³-hybridized carbons (Fsp3) is 0.200. The molecule has 0 spiro atoms. The van der Waals surface area contributed by atoms with Gasteiger partial charge in [0.05, 0.1) is 6.04 Å². The Morgan fingerprint density at radius 1 is 0.814 bits per heavy atom. The van der Waals surface area contributed by atoms with Gasteiger partial charge in [-0.3, -0.25) is 14.4 Å². The lowest BCUT2D eigenvalue weighted by molar-refractivity contribution is -0.123. The minimum absolute atomic E-state index is 0.0485. The summed E-state index contributed by atoms with van der Waals surface area (Å²) in [6, 6.07) is 29.6. The summed E-state index contributed by atoms with van der Waals surface area (Å²) < 4.78 is 5.66. The van der Waals surface area contributed by atoms with Gasteiger partial charge in [0, 0.05) is 16.1 Å². The van der Waals surface area contributed by atoms with Gasteiger partial charge in [-0.25, -0.2) is 4.98 Å². The molecule has 0 aliphatic rings. The van der Waals surface area contributed by atoms with Crippen molar-refractivity contribution in [1.29, 1.82) is 0 Å². The van der Waals surface area contributed by atoms with E-state index in [2.05, 4.69) is 15.6 Å². The van der Waals surface area contributed by atoms with Crippen molar-refractivity contribution < 1.29 is 18.8 Å². The molecule has 5 aromatic rings. The molecule has 2 amide bonds. The molecular weight excluding hydrogens is 562 g/mol. The Morgan fingerprint density at radius 3 is 2.19 bits per heavy atom. The van der Waals surface area contributed by atoms with Gasteiger partial charge in [0.25, 0.3) is 11.8 Å². The lowest BCUT2D eigenvalue weighted by Gasteiger charge is -2.24. The molecule has 0 fully saturated rings. The van der Waals surface area contributed by atoms with Gasteiger partial charge >= 0.3 is 0 Å². The van der Waals surface area contributed by atoms with Crippen LogP contribution in [0.4, 0.5) is 0 Å². The maximum atomic E-state index is 13.7. The highest BCUT2D eigenvalue weighted by molar-refractivity contribution is 6.33. The Morgan fingerprint density at radius 2 is 1.49 bits per heavy atom. The summed E-state index contributed by atoms with van der Waals surface area (Å²) in [6.45, 7) is 3.80. The molecule has 2 N–H and O–H groups in total. The highest BCUT2D eigenvalue weighted by atomic mass is 35.5. The molecule has 3 atom stereocenters.